The Kier molecular flexibility index (Phi) is 7.29. The first-order valence-electron chi connectivity index (χ1n) is 9.65. The Morgan fingerprint density at radius 1 is 1.24 bits per heavy atom. The van der Waals surface area contributed by atoms with E-state index in [9.17, 15) is 4.79 Å². The molecule has 4 nitrogen and oxygen atoms in total. The maximum Gasteiger partial charge on any atom is 0.254 e. The molecular weight excluding hydrogens is 404 g/mol. The number of ether oxygens (including phenoxy) is 1. The minimum atomic E-state index is 0.0316. The fourth-order valence-electron chi connectivity index (χ4n) is 2.87. The third-order valence-electron chi connectivity index (χ3n) is 4.77. The average molecular weight is 429 g/mol. The van der Waals surface area contributed by atoms with Crippen molar-refractivity contribution in [2.24, 2.45) is 0 Å². The van der Waals surface area contributed by atoms with Crippen molar-refractivity contribution in [1.29, 1.82) is 0 Å². The molecule has 0 spiro atoms. The van der Waals surface area contributed by atoms with Crippen molar-refractivity contribution in [1.82, 2.24) is 9.88 Å². The van der Waals surface area contributed by atoms with Gasteiger partial charge in [0.25, 0.3) is 5.91 Å². The first-order valence-corrected chi connectivity index (χ1v) is 10.9. The summed E-state index contributed by atoms with van der Waals surface area (Å²) in [5.74, 6) is 0.745. The van der Waals surface area contributed by atoms with Gasteiger partial charge in [-0.05, 0) is 50.6 Å². The van der Waals surface area contributed by atoms with Crippen molar-refractivity contribution in [2.75, 3.05) is 0 Å². The Labute approximate surface area is 181 Å². The van der Waals surface area contributed by atoms with Gasteiger partial charge in [0.05, 0.1) is 12.2 Å². The summed E-state index contributed by atoms with van der Waals surface area (Å²) in [5.41, 5.74) is 2.72. The molecule has 152 valence electrons. The van der Waals surface area contributed by atoms with E-state index in [-0.39, 0.29) is 11.9 Å². The highest BCUT2D eigenvalue weighted by Gasteiger charge is 2.22. The minimum absolute atomic E-state index is 0.0316. The van der Waals surface area contributed by atoms with E-state index in [1.807, 2.05) is 59.7 Å². The number of nitrogens with zero attached hydrogens (tertiary/aromatic N) is 2. The number of amides is 1. The van der Waals surface area contributed by atoms with Crippen molar-refractivity contribution >= 4 is 28.8 Å². The molecular formula is C23H25ClN2O2S. The van der Waals surface area contributed by atoms with Crippen molar-refractivity contribution in [3.63, 3.8) is 0 Å². The lowest BCUT2D eigenvalue weighted by atomic mass is 10.1. The van der Waals surface area contributed by atoms with Crippen LogP contribution in [0, 0.1) is 6.92 Å². The lowest BCUT2D eigenvalue weighted by molar-refractivity contribution is 0.0669. The lowest BCUT2D eigenvalue weighted by Gasteiger charge is -2.28. The van der Waals surface area contributed by atoms with Crippen LogP contribution in [0.2, 0.25) is 5.02 Å². The second-order valence-corrected chi connectivity index (χ2v) is 8.41. The van der Waals surface area contributed by atoms with Gasteiger partial charge < -0.3 is 9.64 Å². The molecule has 0 saturated heterocycles. The zero-order valence-corrected chi connectivity index (χ0v) is 18.5. The van der Waals surface area contributed by atoms with Gasteiger partial charge in [0.15, 0.2) is 0 Å². The van der Waals surface area contributed by atoms with Gasteiger partial charge in [0, 0.05) is 22.0 Å². The molecule has 0 fully saturated rings. The van der Waals surface area contributed by atoms with Gasteiger partial charge in [-0.15, -0.1) is 11.3 Å². The molecule has 3 aromatic rings. The molecule has 0 N–H and O–H groups in total. The lowest BCUT2D eigenvalue weighted by Crippen LogP contribution is -2.37. The zero-order valence-electron chi connectivity index (χ0n) is 16.9. The summed E-state index contributed by atoms with van der Waals surface area (Å²) in [7, 11) is 0. The number of carbonyl (C=O) groups is 1. The summed E-state index contributed by atoms with van der Waals surface area (Å²) in [6.45, 7) is 7.03. The highest BCUT2D eigenvalue weighted by Crippen LogP contribution is 2.21. The number of carbonyl (C=O) groups excluding carboxylic acids is 1. The van der Waals surface area contributed by atoms with Crippen LogP contribution in [0.15, 0.2) is 53.9 Å². The van der Waals surface area contributed by atoms with Gasteiger partial charge >= 0.3 is 0 Å². The van der Waals surface area contributed by atoms with E-state index in [1.165, 1.54) is 11.3 Å². The maximum atomic E-state index is 13.1. The molecule has 0 saturated carbocycles. The fourth-order valence-corrected chi connectivity index (χ4v) is 3.75. The van der Waals surface area contributed by atoms with E-state index in [1.54, 1.807) is 6.07 Å². The first-order chi connectivity index (χ1) is 14.0. The number of thiazole rings is 1. The van der Waals surface area contributed by atoms with Crippen molar-refractivity contribution in [2.45, 2.75) is 46.4 Å². The van der Waals surface area contributed by atoms with Crippen LogP contribution in [0.1, 0.15) is 46.9 Å². The fraction of sp³-hybridized carbons (Fsp3) is 0.304. The molecule has 1 atom stereocenters. The first kappa shape index (κ1) is 21.3. The monoisotopic (exact) mass is 428 g/mol. The standard InChI is InChI=1S/C23H25ClN2O2S/c1-4-17(3)26(23(27)18-10-8-16(2)9-11-18)13-20-15-29-22(25-20)14-28-21-7-5-6-19(24)12-21/h5-12,15,17H,4,13-14H2,1-3H3/t17-/m0/s1. The van der Waals surface area contributed by atoms with Crippen molar-refractivity contribution in [3.8, 4) is 5.75 Å². The quantitative estimate of drug-likeness (QED) is 0.433. The molecule has 0 unspecified atom stereocenters. The molecule has 1 heterocycles. The largest absolute Gasteiger partial charge is 0.486 e. The Morgan fingerprint density at radius 2 is 2.00 bits per heavy atom. The third kappa shape index (κ3) is 5.81. The SMILES string of the molecule is CC[C@H](C)N(Cc1csc(COc2cccc(Cl)c2)n1)C(=O)c1ccc(C)cc1. The van der Waals surface area contributed by atoms with Crippen LogP contribution in [-0.4, -0.2) is 21.8 Å². The predicted octanol–water partition coefficient (Wildman–Crippen LogP) is 6.12. The second-order valence-electron chi connectivity index (χ2n) is 7.03. The molecule has 0 radical (unpaired) electrons. The minimum Gasteiger partial charge on any atom is -0.486 e. The molecule has 0 aliphatic heterocycles. The summed E-state index contributed by atoms with van der Waals surface area (Å²) in [5, 5.41) is 3.50. The van der Waals surface area contributed by atoms with Crippen molar-refractivity contribution < 1.29 is 9.53 Å². The van der Waals surface area contributed by atoms with E-state index in [0.717, 1.165) is 22.7 Å². The molecule has 1 amide bonds. The molecule has 0 aliphatic carbocycles. The van der Waals surface area contributed by atoms with Gasteiger partial charge in [0.1, 0.15) is 17.4 Å². The normalized spacial score (nSPS) is 11.9. The van der Waals surface area contributed by atoms with E-state index in [2.05, 4.69) is 18.8 Å². The van der Waals surface area contributed by atoms with E-state index in [0.29, 0.717) is 29.5 Å². The van der Waals surface area contributed by atoms with Gasteiger partial charge in [-0.2, -0.15) is 0 Å². The van der Waals surface area contributed by atoms with Gasteiger partial charge in [-0.1, -0.05) is 42.3 Å². The average Bonchev–Trinajstić information content (AvgIpc) is 3.17. The van der Waals surface area contributed by atoms with E-state index >= 15 is 0 Å². The smallest absolute Gasteiger partial charge is 0.254 e. The number of rotatable bonds is 8. The Balaban J connectivity index is 1.68. The summed E-state index contributed by atoms with van der Waals surface area (Å²) in [6.07, 6.45) is 0.881. The molecule has 29 heavy (non-hydrogen) atoms. The topological polar surface area (TPSA) is 42.4 Å². The van der Waals surface area contributed by atoms with Crippen LogP contribution in [0.5, 0.6) is 5.75 Å². The van der Waals surface area contributed by atoms with Crippen molar-refractivity contribution in [3.05, 3.63) is 80.8 Å². The van der Waals surface area contributed by atoms with Crippen LogP contribution in [0.25, 0.3) is 0 Å². The number of aryl methyl sites for hydroxylation is 1. The Morgan fingerprint density at radius 3 is 2.69 bits per heavy atom. The van der Waals surface area contributed by atoms with Crippen LogP contribution >= 0.6 is 22.9 Å². The molecule has 1 aromatic heterocycles. The maximum absolute atomic E-state index is 13.1. The third-order valence-corrected chi connectivity index (χ3v) is 5.88. The number of aromatic nitrogens is 1. The van der Waals surface area contributed by atoms with Gasteiger partial charge in [-0.25, -0.2) is 4.98 Å². The molecule has 0 aliphatic rings. The molecule has 6 heteroatoms. The zero-order chi connectivity index (χ0) is 20.8. The number of hydrogen-bond acceptors (Lipinski definition) is 4. The van der Waals surface area contributed by atoms with Crippen LogP contribution in [0.4, 0.5) is 0 Å². The number of halogens is 1. The molecule has 3 rings (SSSR count). The van der Waals surface area contributed by atoms with E-state index in [4.69, 9.17) is 16.3 Å². The van der Waals surface area contributed by atoms with Crippen LogP contribution in [0.3, 0.4) is 0 Å². The Hall–Kier alpha value is -2.37. The summed E-state index contributed by atoms with van der Waals surface area (Å²) >= 11 is 7.53. The highest BCUT2D eigenvalue weighted by molar-refractivity contribution is 7.09. The van der Waals surface area contributed by atoms with Gasteiger partial charge in [0.2, 0.25) is 0 Å². The highest BCUT2D eigenvalue weighted by atomic mass is 35.5. The van der Waals surface area contributed by atoms with Crippen LogP contribution in [-0.2, 0) is 13.2 Å². The van der Waals surface area contributed by atoms with Gasteiger partial charge in [-0.3, -0.25) is 4.79 Å². The summed E-state index contributed by atoms with van der Waals surface area (Å²) in [6, 6.07) is 15.1. The number of benzene rings is 2. The predicted molar refractivity (Wildman–Crippen MR) is 119 cm³/mol. The summed E-state index contributed by atoms with van der Waals surface area (Å²) in [4.78, 5) is 19.6. The Bertz CT molecular complexity index is 956. The number of hydrogen-bond donors (Lipinski definition) is 0. The summed E-state index contributed by atoms with van der Waals surface area (Å²) < 4.78 is 5.77. The van der Waals surface area contributed by atoms with Crippen LogP contribution < -0.4 is 4.74 Å². The van der Waals surface area contributed by atoms with E-state index < -0.39 is 0 Å². The second kappa shape index (κ2) is 9.90. The molecule has 2 aromatic carbocycles. The molecule has 0 bridgehead atoms.